The van der Waals surface area contributed by atoms with E-state index in [0.717, 1.165) is 18.2 Å². The molecule has 24 heavy (non-hydrogen) atoms. The first-order chi connectivity index (χ1) is 11.1. The van der Waals surface area contributed by atoms with Crippen molar-refractivity contribution in [2.75, 3.05) is 17.2 Å². The summed E-state index contributed by atoms with van der Waals surface area (Å²) in [6.07, 6.45) is -4.70. The van der Waals surface area contributed by atoms with Gasteiger partial charge in [0.15, 0.2) is 0 Å². The van der Waals surface area contributed by atoms with Gasteiger partial charge < -0.3 is 10.6 Å². The molecule has 0 fully saturated rings. The molecular weight excluding hydrogens is 355 g/mol. The Balaban J connectivity index is 2.07. The number of benzene rings is 2. The van der Waals surface area contributed by atoms with Crippen LogP contribution in [0.15, 0.2) is 36.4 Å². The molecule has 0 aromatic heterocycles. The van der Waals surface area contributed by atoms with Crippen molar-refractivity contribution in [3.05, 3.63) is 58.6 Å². The lowest BCUT2D eigenvalue weighted by Gasteiger charge is -2.14. The Bertz CT molecular complexity index is 744. The molecule has 2 aromatic carbocycles. The summed E-state index contributed by atoms with van der Waals surface area (Å²) in [5.74, 6) is -2.53. The number of anilines is 2. The zero-order valence-electron chi connectivity index (χ0n) is 11.8. The van der Waals surface area contributed by atoms with Crippen LogP contribution in [-0.2, 0) is 11.0 Å². The normalized spacial score (nSPS) is 11.2. The summed E-state index contributed by atoms with van der Waals surface area (Å²) < 4.78 is 64.7. The second-order valence-corrected chi connectivity index (χ2v) is 5.18. The topological polar surface area (TPSA) is 41.1 Å². The lowest BCUT2D eigenvalue weighted by Crippen LogP contribution is -2.23. The fourth-order valence-electron chi connectivity index (χ4n) is 1.89. The SMILES string of the molecule is O=C(CNc1cc(F)cc(F)c1)Nc1ccc(Cl)cc1C(F)(F)F. The zero-order valence-corrected chi connectivity index (χ0v) is 12.6. The molecule has 0 unspecified atom stereocenters. The highest BCUT2D eigenvalue weighted by Gasteiger charge is 2.34. The van der Waals surface area contributed by atoms with E-state index in [1.54, 1.807) is 0 Å². The minimum atomic E-state index is -4.70. The van der Waals surface area contributed by atoms with Gasteiger partial charge in [0, 0.05) is 16.8 Å². The summed E-state index contributed by atoms with van der Waals surface area (Å²) in [6, 6.07) is 5.44. The molecule has 0 heterocycles. The molecule has 0 aliphatic rings. The fraction of sp³-hybridized carbons (Fsp3) is 0.133. The Morgan fingerprint density at radius 1 is 1.04 bits per heavy atom. The van der Waals surface area contributed by atoms with Gasteiger partial charge in [0.2, 0.25) is 5.91 Å². The molecule has 1 amide bonds. The predicted octanol–water partition coefficient (Wildman–Crippen LogP) is 4.69. The van der Waals surface area contributed by atoms with Gasteiger partial charge in [-0.1, -0.05) is 11.6 Å². The molecule has 0 saturated carbocycles. The van der Waals surface area contributed by atoms with E-state index in [0.29, 0.717) is 12.1 Å². The van der Waals surface area contributed by atoms with Gasteiger partial charge in [0.1, 0.15) is 11.6 Å². The first-order valence-electron chi connectivity index (χ1n) is 6.52. The molecule has 0 saturated heterocycles. The molecular formula is C15H10ClF5N2O. The van der Waals surface area contributed by atoms with Crippen LogP contribution in [0.4, 0.5) is 33.3 Å². The predicted molar refractivity (Wildman–Crippen MR) is 79.9 cm³/mol. The number of hydrogen-bond donors (Lipinski definition) is 2. The molecule has 0 atom stereocenters. The number of carbonyl (C=O) groups excluding carboxylic acids is 1. The molecule has 2 rings (SSSR count). The van der Waals surface area contributed by atoms with Crippen LogP contribution in [0.5, 0.6) is 0 Å². The van der Waals surface area contributed by atoms with Crippen molar-refractivity contribution in [1.29, 1.82) is 0 Å². The Kier molecular flexibility index (Phi) is 5.28. The number of halogens is 6. The quantitative estimate of drug-likeness (QED) is 0.773. The van der Waals surface area contributed by atoms with E-state index < -0.39 is 41.5 Å². The van der Waals surface area contributed by atoms with Gasteiger partial charge in [0.05, 0.1) is 17.8 Å². The van der Waals surface area contributed by atoms with Gasteiger partial charge in [-0.2, -0.15) is 13.2 Å². The summed E-state index contributed by atoms with van der Waals surface area (Å²) in [5, 5.41) is 4.36. The third kappa shape index (κ3) is 4.82. The maximum Gasteiger partial charge on any atom is 0.418 e. The lowest BCUT2D eigenvalue weighted by molar-refractivity contribution is -0.137. The summed E-state index contributed by atoms with van der Waals surface area (Å²) in [6.45, 7) is -0.483. The first kappa shape index (κ1) is 18.0. The third-order valence-corrected chi connectivity index (χ3v) is 3.11. The highest BCUT2D eigenvalue weighted by Crippen LogP contribution is 2.36. The number of alkyl halides is 3. The Hall–Kier alpha value is -2.35. The van der Waals surface area contributed by atoms with Gasteiger partial charge in [-0.05, 0) is 30.3 Å². The van der Waals surface area contributed by atoms with E-state index in [1.165, 1.54) is 6.07 Å². The van der Waals surface area contributed by atoms with Crippen LogP contribution >= 0.6 is 11.6 Å². The molecule has 0 aliphatic heterocycles. The lowest BCUT2D eigenvalue weighted by atomic mass is 10.1. The number of nitrogens with one attached hydrogen (secondary N) is 2. The Morgan fingerprint density at radius 2 is 1.67 bits per heavy atom. The minimum absolute atomic E-state index is 0.0187. The van der Waals surface area contributed by atoms with Gasteiger partial charge in [-0.25, -0.2) is 8.78 Å². The van der Waals surface area contributed by atoms with Crippen molar-refractivity contribution < 1.29 is 26.7 Å². The van der Waals surface area contributed by atoms with Crippen molar-refractivity contribution in [3.8, 4) is 0 Å². The van der Waals surface area contributed by atoms with Crippen LogP contribution in [0.25, 0.3) is 0 Å². The Morgan fingerprint density at radius 3 is 2.25 bits per heavy atom. The summed E-state index contributed by atoms with van der Waals surface area (Å²) in [4.78, 5) is 11.8. The molecule has 9 heteroatoms. The molecule has 0 aliphatic carbocycles. The highest BCUT2D eigenvalue weighted by atomic mass is 35.5. The second-order valence-electron chi connectivity index (χ2n) is 4.75. The third-order valence-electron chi connectivity index (χ3n) is 2.88. The number of hydrogen-bond acceptors (Lipinski definition) is 2. The smallest absolute Gasteiger partial charge is 0.376 e. The summed E-state index contributed by atoms with van der Waals surface area (Å²) >= 11 is 5.53. The Labute approximate surface area is 138 Å². The fourth-order valence-corrected chi connectivity index (χ4v) is 2.06. The van der Waals surface area contributed by atoms with Crippen molar-refractivity contribution in [2.24, 2.45) is 0 Å². The number of carbonyl (C=O) groups is 1. The molecule has 0 bridgehead atoms. The summed E-state index contributed by atoms with van der Waals surface area (Å²) in [5.41, 5.74) is -1.58. The number of rotatable bonds is 4. The molecule has 2 N–H and O–H groups in total. The largest absolute Gasteiger partial charge is 0.418 e. The van der Waals surface area contributed by atoms with Crippen LogP contribution in [-0.4, -0.2) is 12.5 Å². The zero-order chi connectivity index (χ0) is 17.9. The molecule has 2 aromatic rings. The monoisotopic (exact) mass is 364 g/mol. The van der Waals surface area contributed by atoms with Crippen molar-refractivity contribution in [1.82, 2.24) is 0 Å². The van der Waals surface area contributed by atoms with Crippen LogP contribution in [0.2, 0.25) is 5.02 Å². The summed E-state index contributed by atoms with van der Waals surface area (Å²) in [7, 11) is 0. The van der Waals surface area contributed by atoms with E-state index in [1.807, 2.05) is 0 Å². The molecule has 0 spiro atoms. The minimum Gasteiger partial charge on any atom is -0.376 e. The average molecular weight is 365 g/mol. The van der Waals surface area contributed by atoms with Crippen LogP contribution in [0.3, 0.4) is 0 Å². The van der Waals surface area contributed by atoms with Crippen LogP contribution in [0, 0.1) is 11.6 Å². The highest BCUT2D eigenvalue weighted by molar-refractivity contribution is 6.30. The van der Waals surface area contributed by atoms with Gasteiger partial charge in [-0.15, -0.1) is 0 Å². The van der Waals surface area contributed by atoms with Crippen LogP contribution in [0.1, 0.15) is 5.56 Å². The maximum absolute atomic E-state index is 13.0. The van der Waals surface area contributed by atoms with E-state index in [2.05, 4.69) is 10.6 Å². The van der Waals surface area contributed by atoms with Crippen LogP contribution < -0.4 is 10.6 Å². The van der Waals surface area contributed by atoms with Gasteiger partial charge in [0.25, 0.3) is 0 Å². The number of amides is 1. The average Bonchev–Trinajstić information content (AvgIpc) is 2.45. The molecule has 128 valence electrons. The van der Waals surface area contributed by atoms with Gasteiger partial charge >= 0.3 is 6.18 Å². The van der Waals surface area contributed by atoms with E-state index >= 15 is 0 Å². The van der Waals surface area contributed by atoms with Crippen molar-refractivity contribution >= 4 is 28.9 Å². The standard InChI is InChI=1S/C15H10ClF5N2O/c16-8-1-2-13(12(3-8)15(19,20)21)23-14(24)7-22-11-5-9(17)4-10(18)6-11/h1-6,22H,7H2,(H,23,24). The van der Waals surface area contributed by atoms with E-state index in [9.17, 15) is 26.7 Å². The van der Waals surface area contributed by atoms with E-state index in [-0.39, 0.29) is 10.7 Å². The molecule has 0 radical (unpaired) electrons. The first-order valence-corrected chi connectivity index (χ1v) is 6.89. The van der Waals surface area contributed by atoms with Gasteiger partial charge in [-0.3, -0.25) is 4.79 Å². The second kappa shape index (κ2) is 7.04. The van der Waals surface area contributed by atoms with E-state index in [4.69, 9.17) is 11.6 Å². The van der Waals surface area contributed by atoms with Crippen molar-refractivity contribution in [3.63, 3.8) is 0 Å². The maximum atomic E-state index is 13.0. The van der Waals surface area contributed by atoms with Crippen molar-refractivity contribution in [2.45, 2.75) is 6.18 Å². The molecule has 3 nitrogen and oxygen atoms in total.